The number of benzene rings is 3. The lowest BCUT2D eigenvalue weighted by Crippen LogP contribution is -2.31. The van der Waals surface area contributed by atoms with Crippen LogP contribution in [0.15, 0.2) is 91.0 Å². The third-order valence-electron chi connectivity index (χ3n) is 6.34. The van der Waals surface area contributed by atoms with Crippen LogP contribution in [0.2, 0.25) is 0 Å². The number of amides is 2. The van der Waals surface area contributed by atoms with Gasteiger partial charge < -0.3 is 4.74 Å². The minimum atomic E-state index is -0.338. The lowest BCUT2D eigenvalue weighted by atomic mass is 9.95. The van der Waals surface area contributed by atoms with Gasteiger partial charge in [-0.25, -0.2) is 4.90 Å². The zero-order chi connectivity index (χ0) is 24.8. The molecule has 3 aromatic carbocycles. The van der Waals surface area contributed by atoms with Gasteiger partial charge in [-0.3, -0.25) is 9.59 Å². The molecule has 6 rings (SSSR count). The summed E-state index contributed by atoms with van der Waals surface area (Å²) in [5, 5.41) is 1.52. The summed E-state index contributed by atoms with van der Waals surface area (Å²) in [6.07, 6.45) is 0. The number of methoxy groups -OCH3 is 1. The predicted octanol–water partition coefficient (Wildman–Crippen LogP) is 7.43. The maximum Gasteiger partial charge on any atom is 0.266 e. The number of carbonyl (C=O) groups excluding carboxylic acids is 2. The van der Waals surface area contributed by atoms with E-state index >= 15 is 0 Å². The van der Waals surface area contributed by atoms with Crippen LogP contribution < -0.4 is 9.64 Å². The highest BCUT2D eigenvalue weighted by Crippen LogP contribution is 2.49. The third kappa shape index (κ3) is 3.49. The van der Waals surface area contributed by atoms with Gasteiger partial charge in [0, 0.05) is 31.0 Å². The SMILES string of the molecule is COc1sc2ccccc2c1C1=C(c2cc(-c3ccccc3)sc2C)C(=O)N(c2ccccc2)C1=O. The molecule has 0 N–H and O–H groups in total. The first-order valence-electron chi connectivity index (χ1n) is 11.5. The van der Waals surface area contributed by atoms with E-state index in [2.05, 4.69) is 12.1 Å². The summed E-state index contributed by atoms with van der Waals surface area (Å²) < 4.78 is 6.76. The molecular weight excluding hydrogens is 486 g/mol. The number of ether oxygens (including phenoxy) is 1. The van der Waals surface area contributed by atoms with E-state index in [9.17, 15) is 9.59 Å². The molecule has 0 bridgehead atoms. The fraction of sp³-hybridized carbons (Fsp3) is 0.0667. The van der Waals surface area contributed by atoms with E-state index in [0.29, 0.717) is 27.5 Å². The quantitative estimate of drug-likeness (QED) is 0.232. The predicted molar refractivity (Wildman–Crippen MR) is 149 cm³/mol. The van der Waals surface area contributed by atoms with Crippen LogP contribution in [0.3, 0.4) is 0 Å². The first kappa shape index (κ1) is 22.5. The summed E-state index contributed by atoms with van der Waals surface area (Å²) in [6.45, 7) is 2.00. The molecule has 2 aromatic heterocycles. The number of rotatable bonds is 5. The van der Waals surface area contributed by atoms with Crippen molar-refractivity contribution in [2.45, 2.75) is 6.92 Å². The molecule has 36 heavy (non-hydrogen) atoms. The lowest BCUT2D eigenvalue weighted by Gasteiger charge is -2.15. The average Bonchev–Trinajstić information content (AvgIpc) is 3.55. The van der Waals surface area contributed by atoms with Gasteiger partial charge in [-0.05, 0) is 36.8 Å². The van der Waals surface area contributed by atoms with Gasteiger partial charge in [0.1, 0.15) is 0 Å². The highest BCUT2D eigenvalue weighted by Gasteiger charge is 2.43. The summed E-state index contributed by atoms with van der Waals surface area (Å²) in [5.74, 6) is -0.658. The fourth-order valence-electron chi connectivity index (χ4n) is 4.70. The van der Waals surface area contributed by atoms with Crippen molar-refractivity contribution in [2.24, 2.45) is 0 Å². The number of fused-ring (bicyclic) bond motifs is 1. The van der Waals surface area contributed by atoms with Gasteiger partial charge in [0.2, 0.25) is 0 Å². The van der Waals surface area contributed by atoms with Crippen LogP contribution in [0.25, 0.3) is 31.7 Å². The number of aryl methyl sites for hydroxylation is 1. The Morgan fingerprint density at radius 1 is 0.750 bits per heavy atom. The minimum absolute atomic E-state index is 0.320. The molecule has 5 aromatic rings. The van der Waals surface area contributed by atoms with Gasteiger partial charge in [-0.1, -0.05) is 78.1 Å². The Bertz CT molecular complexity index is 1660. The van der Waals surface area contributed by atoms with Crippen molar-refractivity contribution >= 4 is 61.4 Å². The van der Waals surface area contributed by atoms with Crippen molar-refractivity contribution in [1.82, 2.24) is 0 Å². The van der Waals surface area contributed by atoms with Gasteiger partial charge in [0.25, 0.3) is 11.8 Å². The summed E-state index contributed by atoms with van der Waals surface area (Å²) in [7, 11) is 1.61. The Kier molecular flexibility index (Phi) is 5.55. The molecule has 3 heterocycles. The molecule has 6 heteroatoms. The van der Waals surface area contributed by atoms with Gasteiger partial charge in [0.05, 0.1) is 23.9 Å². The van der Waals surface area contributed by atoms with Gasteiger partial charge >= 0.3 is 0 Å². The Balaban J connectivity index is 1.64. The molecule has 176 valence electrons. The van der Waals surface area contributed by atoms with Crippen molar-refractivity contribution in [1.29, 1.82) is 0 Å². The normalized spacial score (nSPS) is 13.8. The van der Waals surface area contributed by atoms with Crippen LogP contribution >= 0.6 is 22.7 Å². The number of hydrogen-bond acceptors (Lipinski definition) is 5. The summed E-state index contributed by atoms with van der Waals surface area (Å²) in [4.78, 5) is 31.5. The smallest absolute Gasteiger partial charge is 0.266 e. The van der Waals surface area contributed by atoms with E-state index in [4.69, 9.17) is 4.74 Å². The van der Waals surface area contributed by atoms with Crippen LogP contribution in [0.4, 0.5) is 5.69 Å². The van der Waals surface area contributed by atoms with E-state index in [0.717, 1.165) is 31.0 Å². The second-order valence-electron chi connectivity index (χ2n) is 8.44. The van der Waals surface area contributed by atoms with Crippen molar-refractivity contribution in [3.8, 4) is 15.5 Å². The Morgan fingerprint density at radius 2 is 1.39 bits per heavy atom. The summed E-state index contributed by atoms with van der Waals surface area (Å²) >= 11 is 3.10. The standard InChI is InChI=1S/C30H21NO3S2/c1-18-22(17-24(35-18)19-11-5-3-6-12-19)25-27(26-21-15-9-10-16-23(21)36-30(26)34-2)29(33)31(28(25)32)20-13-7-4-8-14-20/h3-17H,1-2H3. The third-order valence-corrected chi connectivity index (χ3v) is 8.57. The van der Waals surface area contributed by atoms with Gasteiger partial charge in [0.15, 0.2) is 5.06 Å². The molecule has 0 spiro atoms. The number of carbonyl (C=O) groups is 2. The highest BCUT2D eigenvalue weighted by atomic mass is 32.1. The minimum Gasteiger partial charge on any atom is -0.487 e. The number of anilines is 1. The van der Waals surface area contributed by atoms with Crippen molar-refractivity contribution in [3.63, 3.8) is 0 Å². The maximum absolute atomic E-state index is 14.1. The molecule has 0 fully saturated rings. The van der Waals surface area contributed by atoms with Crippen LogP contribution in [0.1, 0.15) is 16.0 Å². The summed E-state index contributed by atoms with van der Waals surface area (Å²) in [6, 6.07) is 29.1. The van der Waals surface area contributed by atoms with Crippen molar-refractivity contribution < 1.29 is 14.3 Å². The molecule has 1 aliphatic heterocycles. The second kappa shape index (κ2) is 8.90. The zero-order valence-corrected chi connectivity index (χ0v) is 21.3. The second-order valence-corrected chi connectivity index (χ2v) is 10.7. The average molecular weight is 508 g/mol. The zero-order valence-electron chi connectivity index (χ0n) is 19.6. The monoisotopic (exact) mass is 507 g/mol. The van der Waals surface area contributed by atoms with Crippen LogP contribution in [-0.4, -0.2) is 18.9 Å². The highest BCUT2D eigenvalue weighted by molar-refractivity contribution is 7.21. The largest absolute Gasteiger partial charge is 0.487 e. The van der Waals surface area contributed by atoms with Crippen LogP contribution in [0.5, 0.6) is 5.06 Å². The first-order chi connectivity index (χ1) is 17.6. The van der Waals surface area contributed by atoms with E-state index in [1.165, 1.54) is 16.2 Å². The molecule has 0 radical (unpaired) electrons. The Morgan fingerprint density at radius 3 is 2.11 bits per heavy atom. The number of hydrogen-bond donors (Lipinski definition) is 0. The van der Waals surface area contributed by atoms with Crippen molar-refractivity contribution in [2.75, 3.05) is 12.0 Å². The van der Waals surface area contributed by atoms with Crippen LogP contribution in [0, 0.1) is 6.92 Å². The van der Waals surface area contributed by atoms with Crippen LogP contribution in [-0.2, 0) is 9.59 Å². The molecule has 0 atom stereocenters. The number of nitrogens with zero attached hydrogens (tertiary/aromatic N) is 1. The van der Waals surface area contributed by atoms with Gasteiger partial charge in [-0.15, -0.1) is 11.3 Å². The van der Waals surface area contributed by atoms with E-state index in [1.54, 1.807) is 30.6 Å². The molecule has 2 amide bonds. The van der Waals surface area contributed by atoms with Gasteiger partial charge in [-0.2, -0.15) is 0 Å². The van der Waals surface area contributed by atoms with E-state index < -0.39 is 0 Å². The molecule has 0 aliphatic carbocycles. The summed E-state index contributed by atoms with van der Waals surface area (Å²) in [5.41, 5.74) is 3.89. The van der Waals surface area contributed by atoms with E-state index in [1.807, 2.05) is 73.7 Å². The first-order valence-corrected chi connectivity index (χ1v) is 13.1. The Hall–Kier alpha value is -4.00. The number of imide groups is 1. The molecule has 4 nitrogen and oxygen atoms in total. The van der Waals surface area contributed by atoms with Crippen molar-refractivity contribution in [3.05, 3.63) is 107 Å². The fourth-order valence-corrected chi connectivity index (χ4v) is 6.76. The van der Waals surface area contributed by atoms with E-state index in [-0.39, 0.29) is 11.8 Å². The number of para-hydroxylation sites is 1. The maximum atomic E-state index is 14.1. The Labute approximate surface area is 216 Å². The lowest BCUT2D eigenvalue weighted by molar-refractivity contribution is -0.119. The molecule has 0 saturated heterocycles. The molecular formula is C30H21NO3S2. The molecule has 0 saturated carbocycles. The molecule has 0 unspecified atom stereocenters. The topological polar surface area (TPSA) is 46.6 Å². The number of thiophene rings is 2. The molecule has 1 aliphatic rings.